The highest BCUT2D eigenvalue weighted by atomic mass is 16.7. The molecule has 2 bridgehead atoms. The van der Waals surface area contributed by atoms with Crippen LogP contribution >= 0.6 is 0 Å². The topological polar surface area (TPSA) is 92.1 Å². The number of carbonyl (C=O) groups excluding carboxylic acids is 3. The number of fused-ring (bicyclic) bond motifs is 2. The van der Waals surface area contributed by atoms with Crippen LogP contribution in [0.25, 0.3) is 0 Å². The van der Waals surface area contributed by atoms with E-state index in [4.69, 9.17) is 9.25 Å². The third-order valence-corrected chi connectivity index (χ3v) is 4.04. The van der Waals surface area contributed by atoms with Gasteiger partial charge in [-0.2, -0.15) is 5.06 Å². The number of nitrogens with zero attached hydrogens (tertiary/aromatic N) is 2. The third-order valence-electron chi connectivity index (χ3n) is 4.04. The average Bonchev–Trinajstić information content (AvgIpc) is 3.13. The number of piperidine rings is 1. The van der Waals surface area contributed by atoms with Crippen molar-refractivity contribution in [3.05, 3.63) is 24.2 Å². The normalized spacial score (nSPS) is 23.8. The highest BCUT2D eigenvalue weighted by Crippen LogP contribution is 2.29. The Hall–Kier alpha value is -2.35. The molecule has 3 heterocycles. The minimum absolute atomic E-state index is 0.00805. The minimum Gasteiger partial charge on any atom is -0.461 e. The molecule has 0 spiro atoms. The summed E-state index contributed by atoms with van der Waals surface area (Å²) in [7, 11) is 1.44. The number of amides is 3. The second-order valence-electron chi connectivity index (χ2n) is 5.31. The number of hydrogen-bond acceptors (Lipinski definition) is 5. The summed E-state index contributed by atoms with van der Waals surface area (Å²) in [5.41, 5.74) is 0. The molecule has 0 radical (unpaired) electrons. The van der Waals surface area contributed by atoms with Crippen molar-refractivity contribution in [3.8, 4) is 0 Å². The summed E-state index contributed by atoms with van der Waals surface area (Å²) in [5.74, 6) is -0.435. The smallest absolute Gasteiger partial charge is 0.345 e. The van der Waals surface area contributed by atoms with Crippen LogP contribution in [0.3, 0.4) is 0 Å². The summed E-state index contributed by atoms with van der Waals surface area (Å²) in [4.78, 5) is 42.7. The molecule has 1 aromatic rings. The van der Waals surface area contributed by atoms with Gasteiger partial charge in [-0.1, -0.05) is 0 Å². The third kappa shape index (κ3) is 2.45. The Morgan fingerprint density at radius 3 is 2.95 bits per heavy atom. The number of hydroxylamine groups is 2. The van der Waals surface area contributed by atoms with E-state index < -0.39 is 6.04 Å². The Morgan fingerprint density at radius 2 is 2.27 bits per heavy atom. The van der Waals surface area contributed by atoms with Gasteiger partial charge in [0.1, 0.15) is 6.04 Å². The maximum absolute atomic E-state index is 12.3. The number of Topliss-reactive ketones (excluding diaryl/α,β-unsaturated/α-hetero) is 1. The predicted octanol–water partition coefficient (Wildman–Crippen LogP) is 0.409. The fourth-order valence-electron chi connectivity index (χ4n) is 2.95. The maximum atomic E-state index is 12.3. The Balaban J connectivity index is 1.59. The molecule has 2 atom stereocenters. The van der Waals surface area contributed by atoms with Crippen molar-refractivity contribution in [2.24, 2.45) is 0 Å². The lowest BCUT2D eigenvalue weighted by molar-refractivity contribution is -0.125. The predicted molar refractivity (Wildman–Crippen MR) is 73.8 cm³/mol. The van der Waals surface area contributed by atoms with Gasteiger partial charge in [-0.3, -0.25) is 14.4 Å². The molecule has 8 nitrogen and oxygen atoms in total. The molecular formula is C14H17N3O5. The second kappa shape index (κ2) is 5.80. The van der Waals surface area contributed by atoms with Crippen LogP contribution in [0.5, 0.6) is 0 Å². The number of urea groups is 1. The number of ketones is 1. The maximum Gasteiger partial charge on any atom is 0.345 e. The van der Waals surface area contributed by atoms with Crippen LogP contribution in [0.2, 0.25) is 0 Å². The monoisotopic (exact) mass is 307 g/mol. The second-order valence-corrected chi connectivity index (χ2v) is 5.31. The van der Waals surface area contributed by atoms with E-state index in [0.717, 1.165) is 0 Å². The number of rotatable bonds is 5. The molecule has 2 fully saturated rings. The molecule has 2 saturated heterocycles. The molecular weight excluding hydrogens is 290 g/mol. The highest BCUT2D eigenvalue weighted by Gasteiger charge is 2.47. The first-order chi connectivity index (χ1) is 10.6. The van der Waals surface area contributed by atoms with Gasteiger partial charge in [0.15, 0.2) is 5.76 Å². The van der Waals surface area contributed by atoms with Gasteiger partial charge in [0.2, 0.25) is 11.7 Å². The lowest BCUT2D eigenvalue weighted by Crippen LogP contribution is -2.50. The van der Waals surface area contributed by atoms with E-state index in [2.05, 4.69) is 5.32 Å². The molecule has 1 aromatic heterocycles. The van der Waals surface area contributed by atoms with Crippen molar-refractivity contribution in [3.63, 3.8) is 0 Å². The zero-order chi connectivity index (χ0) is 15.7. The standard InChI is InChI=1S/C14H17N3O5/c1-21-17-9-4-5-10(16(8-9)14(17)20)13(19)15-7-11(18)12-3-2-6-22-12/h2-3,6,9-10H,4-5,7-8H2,1H3,(H,15,19)/t9-,10+/m1/s1. The molecule has 22 heavy (non-hydrogen) atoms. The zero-order valence-electron chi connectivity index (χ0n) is 12.2. The molecule has 1 N–H and O–H groups in total. The molecule has 0 aromatic carbocycles. The van der Waals surface area contributed by atoms with Gasteiger partial charge in [0.05, 0.1) is 26.0 Å². The summed E-state index contributed by atoms with van der Waals surface area (Å²) in [6.07, 6.45) is 2.65. The van der Waals surface area contributed by atoms with Gasteiger partial charge in [0, 0.05) is 6.54 Å². The van der Waals surface area contributed by atoms with Gasteiger partial charge >= 0.3 is 6.03 Å². The molecule has 2 aliphatic heterocycles. The summed E-state index contributed by atoms with van der Waals surface area (Å²) in [6.45, 7) is 0.319. The lowest BCUT2D eigenvalue weighted by Gasteiger charge is -2.29. The lowest BCUT2D eigenvalue weighted by atomic mass is 10.0. The first kappa shape index (κ1) is 14.6. The molecule has 0 unspecified atom stereocenters. The van der Waals surface area contributed by atoms with Crippen molar-refractivity contribution in [2.75, 3.05) is 20.2 Å². The van der Waals surface area contributed by atoms with Crippen LogP contribution < -0.4 is 5.32 Å². The first-order valence-corrected chi connectivity index (χ1v) is 7.10. The quantitative estimate of drug-likeness (QED) is 0.795. The number of carbonyl (C=O) groups is 3. The van der Waals surface area contributed by atoms with E-state index in [1.54, 1.807) is 12.1 Å². The van der Waals surface area contributed by atoms with Crippen LogP contribution in [0.15, 0.2) is 22.8 Å². The van der Waals surface area contributed by atoms with E-state index in [9.17, 15) is 14.4 Å². The fourth-order valence-corrected chi connectivity index (χ4v) is 2.95. The summed E-state index contributed by atoms with van der Waals surface area (Å²) in [6, 6.07) is 2.28. The molecule has 0 saturated carbocycles. The first-order valence-electron chi connectivity index (χ1n) is 7.10. The van der Waals surface area contributed by atoms with Crippen LogP contribution in [0.4, 0.5) is 4.79 Å². The largest absolute Gasteiger partial charge is 0.461 e. The highest BCUT2D eigenvalue weighted by molar-refractivity contribution is 5.98. The molecule has 8 heteroatoms. The van der Waals surface area contributed by atoms with E-state index in [1.807, 2.05) is 0 Å². The Morgan fingerprint density at radius 1 is 1.45 bits per heavy atom. The van der Waals surface area contributed by atoms with Crippen LogP contribution in [-0.2, 0) is 9.63 Å². The van der Waals surface area contributed by atoms with Crippen molar-refractivity contribution >= 4 is 17.7 Å². The number of nitrogens with one attached hydrogen (secondary N) is 1. The van der Waals surface area contributed by atoms with Crippen molar-refractivity contribution < 1.29 is 23.6 Å². The molecule has 3 rings (SSSR count). The minimum atomic E-state index is -0.562. The molecule has 2 aliphatic rings. The summed E-state index contributed by atoms with van der Waals surface area (Å²) >= 11 is 0. The van der Waals surface area contributed by atoms with Gasteiger partial charge < -0.3 is 14.6 Å². The van der Waals surface area contributed by atoms with E-state index in [-0.39, 0.29) is 36.1 Å². The fraction of sp³-hybridized carbons (Fsp3) is 0.500. The summed E-state index contributed by atoms with van der Waals surface area (Å²) < 4.78 is 4.98. The Bertz CT molecular complexity index is 585. The van der Waals surface area contributed by atoms with Crippen molar-refractivity contribution in [1.82, 2.24) is 15.3 Å². The van der Waals surface area contributed by atoms with E-state index >= 15 is 0 Å². The van der Waals surface area contributed by atoms with Crippen molar-refractivity contribution in [2.45, 2.75) is 24.9 Å². The Kier molecular flexibility index (Phi) is 3.84. The number of furan rings is 1. The van der Waals surface area contributed by atoms with E-state index in [1.165, 1.54) is 23.3 Å². The van der Waals surface area contributed by atoms with Gasteiger partial charge in [-0.15, -0.1) is 0 Å². The number of hydrogen-bond donors (Lipinski definition) is 1. The van der Waals surface area contributed by atoms with Gasteiger partial charge in [-0.05, 0) is 25.0 Å². The Labute approximate surface area is 126 Å². The molecule has 3 amide bonds. The zero-order valence-corrected chi connectivity index (χ0v) is 12.2. The molecule has 0 aliphatic carbocycles. The van der Waals surface area contributed by atoms with Gasteiger partial charge in [0.25, 0.3) is 0 Å². The average molecular weight is 307 g/mol. The van der Waals surface area contributed by atoms with E-state index in [0.29, 0.717) is 19.4 Å². The van der Waals surface area contributed by atoms with Crippen LogP contribution in [-0.4, -0.2) is 60.0 Å². The molecule has 118 valence electrons. The van der Waals surface area contributed by atoms with Crippen molar-refractivity contribution in [1.29, 1.82) is 0 Å². The van der Waals surface area contributed by atoms with Gasteiger partial charge in [-0.25, -0.2) is 4.79 Å². The van der Waals surface area contributed by atoms with Crippen LogP contribution in [0.1, 0.15) is 23.4 Å². The van der Waals surface area contributed by atoms with Crippen LogP contribution in [0, 0.1) is 0 Å². The summed E-state index contributed by atoms with van der Waals surface area (Å²) in [5, 5.41) is 3.88. The SMILES string of the molecule is CON1C(=O)N2C[C@H]1CC[C@H]2C(=O)NCC(=O)c1ccco1.